The fraction of sp³-hybridized carbons (Fsp3) is 0.182. The van der Waals surface area contributed by atoms with E-state index in [0.29, 0.717) is 11.5 Å². The van der Waals surface area contributed by atoms with Crippen LogP contribution in [-0.4, -0.2) is 24.1 Å². The minimum atomic E-state index is -0.934. The van der Waals surface area contributed by atoms with Crippen LogP contribution in [0.5, 0.6) is 0 Å². The first kappa shape index (κ1) is 12.2. The third-order valence-electron chi connectivity index (χ3n) is 1.94. The van der Waals surface area contributed by atoms with Crippen LogP contribution < -0.4 is 5.73 Å². The Hall–Kier alpha value is -1.88. The molecule has 0 spiro atoms. The number of carbonyl (C=O) groups excluding carboxylic acids is 2. The number of hydroxylamine groups is 2. The molecular formula is C11H13N2O3. The summed E-state index contributed by atoms with van der Waals surface area (Å²) in [6.45, 7) is 0. The zero-order valence-electron chi connectivity index (χ0n) is 8.92. The summed E-state index contributed by atoms with van der Waals surface area (Å²) in [7, 11) is 1.21. The Morgan fingerprint density at radius 3 is 2.50 bits per heavy atom. The molecule has 1 rings (SSSR count). The summed E-state index contributed by atoms with van der Waals surface area (Å²) in [5, 5.41) is 0.503. The fourth-order valence-electron chi connectivity index (χ4n) is 1.19. The predicted molar refractivity (Wildman–Crippen MR) is 57.9 cm³/mol. The largest absolute Gasteiger partial charge is 0.349 e. The highest BCUT2D eigenvalue weighted by atomic mass is 16.7. The van der Waals surface area contributed by atoms with Crippen LogP contribution in [0, 0.1) is 6.42 Å². The second-order valence-corrected chi connectivity index (χ2v) is 3.05. The molecule has 0 unspecified atom stereocenters. The van der Waals surface area contributed by atoms with E-state index in [1.165, 1.54) is 13.5 Å². The third-order valence-corrected chi connectivity index (χ3v) is 1.94. The molecule has 0 fully saturated rings. The number of nitrogens with two attached hydrogens (primary N) is 1. The van der Waals surface area contributed by atoms with Crippen molar-refractivity contribution in [3.8, 4) is 0 Å². The summed E-state index contributed by atoms with van der Waals surface area (Å²) in [5.74, 6) is -0.571. The molecule has 0 aromatic heterocycles. The highest BCUT2D eigenvalue weighted by Crippen LogP contribution is 2.03. The van der Waals surface area contributed by atoms with E-state index < -0.39 is 11.9 Å². The molecule has 3 amide bonds. The van der Waals surface area contributed by atoms with E-state index in [0.717, 1.165) is 5.56 Å². The molecule has 0 aliphatic rings. The van der Waals surface area contributed by atoms with Crippen LogP contribution in [0.3, 0.4) is 0 Å². The first-order chi connectivity index (χ1) is 7.65. The van der Waals surface area contributed by atoms with Crippen molar-refractivity contribution >= 4 is 11.9 Å². The molecule has 0 saturated carbocycles. The molecule has 5 heteroatoms. The number of nitrogens with zero attached hydrogens (tertiary/aromatic N) is 1. The van der Waals surface area contributed by atoms with Crippen molar-refractivity contribution in [2.45, 2.75) is 6.42 Å². The van der Waals surface area contributed by atoms with Crippen LogP contribution in [-0.2, 0) is 16.1 Å². The van der Waals surface area contributed by atoms with Crippen LogP contribution in [0.15, 0.2) is 30.3 Å². The first-order valence-corrected chi connectivity index (χ1v) is 4.70. The number of imide groups is 1. The number of amides is 3. The maximum Gasteiger partial charge on any atom is 0.346 e. The molecule has 2 N–H and O–H groups in total. The van der Waals surface area contributed by atoms with Gasteiger partial charge in [-0.05, 0) is 12.0 Å². The van der Waals surface area contributed by atoms with Gasteiger partial charge in [0.2, 0.25) is 0 Å². The molecule has 0 aliphatic heterocycles. The van der Waals surface area contributed by atoms with E-state index in [2.05, 4.69) is 4.84 Å². The van der Waals surface area contributed by atoms with Gasteiger partial charge in [-0.3, -0.25) is 9.63 Å². The van der Waals surface area contributed by atoms with Gasteiger partial charge in [0.05, 0.1) is 13.5 Å². The van der Waals surface area contributed by atoms with Gasteiger partial charge >= 0.3 is 6.03 Å². The number of carbonyl (C=O) groups is 2. The van der Waals surface area contributed by atoms with Crippen molar-refractivity contribution in [1.29, 1.82) is 0 Å². The maximum absolute atomic E-state index is 11.4. The Morgan fingerprint density at radius 1 is 1.38 bits per heavy atom. The normalized spacial score (nSPS) is 9.81. The second-order valence-electron chi connectivity index (χ2n) is 3.05. The highest BCUT2D eigenvalue weighted by Gasteiger charge is 2.18. The lowest BCUT2D eigenvalue weighted by Crippen LogP contribution is -2.40. The highest BCUT2D eigenvalue weighted by molar-refractivity contribution is 5.96. The summed E-state index contributed by atoms with van der Waals surface area (Å²) in [5.41, 5.74) is 5.91. The first-order valence-electron chi connectivity index (χ1n) is 4.70. The Bertz CT molecular complexity index is 365. The molecule has 0 atom stereocenters. The van der Waals surface area contributed by atoms with E-state index in [1.54, 1.807) is 0 Å². The van der Waals surface area contributed by atoms with Gasteiger partial charge in [0.25, 0.3) is 5.91 Å². The molecule has 1 radical (unpaired) electrons. The zero-order valence-corrected chi connectivity index (χ0v) is 8.92. The number of primary amides is 1. The van der Waals surface area contributed by atoms with Crippen LogP contribution in [0.2, 0.25) is 0 Å². The number of hydrogen-bond donors (Lipinski definition) is 1. The van der Waals surface area contributed by atoms with Crippen LogP contribution >= 0.6 is 0 Å². The lowest BCUT2D eigenvalue weighted by molar-refractivity contribution is -0.155. The topological polar surface area (TPSA) is 72.6 Å². The van der Waals surface area contributed by atoms with Crippen LogP contribution in [0.25, 0.3) is 0 Å². The van der Waals surface area contributed by atoms with Gasteiger partial charge in [0.15, 0.2) is 0 Å². The number of hydrogen-bond acceptors (Lipinski definition) is 3. The quantitative estimate of drug-likeness (QED) is 0.768. The Morgan fingerprint density at radius 2 is 2.00 bits per heavy atom. The Labute approximate surface area is 93.7 Å². The average Bonchev–Trinajstić information content (AvgIpc) is 2.28. The van der Waals surface area contributed by atoms with Gasteiger partial charge in [0, 0.05) is 0 Å². The number of urea groups is 1. The lowest BCUT2D eigenvalue weighted by Gasteiger charge is -2.14. The van der Waals surface area contributed by atoms with Crippen molar-refractivity contribution in [3.63, 3.8) is 0 Å². The average molecular weight is 221 g/mol. The van der Waals surface area contributed by atoms with E-state index >= 15 is 0 Å². The minimum Gasteiger partial charge on any atom is -0.349 e. The summed E-state index contributed by atoms with van der Waals surface area (Å²) in [6.07, 6.45) is 1.76. The summed E-state index contributed by atoms with van der Waals surface area (Å²) in [4.78, 5) is 26.7. The Kier molecular flexibility index (Phi) is 4.47. The fourth-order valence-corrected chi connectivity index (χ4v) is 1.19. The van der Waals surface area contributed by atoms with Gasteiger partial charge in [-0.1, -0.05) is 30.3 Å². The number of benzene rings is 1. The molecular weight excluding hydrogens is 208 g/mol. The van der Waals surface area contributed by atoms with E-state index in [-0.39, 0.29) is 0 Å². The monoisotopic (exact) mass is 221 g/mol. The van der Waals surface area contributed by atoms with Crippen molar-refractivity contribution < 1.29 is 14.4 Å². The van der Waals surface area contributed by atoms with Crippen molar-refractivity contribution in [2.75, 3.05) is 7.11 Å². The van der Waals surface area contributed by atoms with Gasteiger partial charge in [0.1, 0.15) is 0 Å². The molecule has 1 aromatic carbocycles. The van der Waals surface area contributed by atoms with E-state index in [1.807, 2.05) is 30.3 Å². The van der Waals surface area contributed by atoms with Crippen LogP contribution in [0.1, 0.15) is 5.56 Å². The van der Waals surface area contributed by atoms with Gasteiger partial charge < -0.3 is 5.73 Å². The molecule has 5 nitrogen and oxygen atoms in total. The number of rotatable bonds is 4. The lowest BCUT2D eigenvalue weighted by atomic mass is 10.1. The maximum atomic E-state index is 11.4. The van der Waals surface area contributed by atoms with Gasteiger partial charge in [-0.2, -0.15) is 0 Å². The summed E-state index contributed by atoms with van der Waals surface area (Å²) >= 11 is 0. The van der Waals surface area contributed by atoms with E-state index in [9.17, 15) is 9.59 Å². The predicted octanol–water partition coefficient (Wildman–Crippen LogP) is 0.902. The Balaban J connectivity index is 2.49. The second kappa shape index (κ2) is 5.87. The minimum absolute atomic E-state index is 0.423. The van der Waals surface area contributed by atoms with Gasteiger partial charge in [-0.15, -0.1) is 5.06 Å². The molecule has 0 aliphatic carbocycles. The summed E-state index contributed by atoms with van der Waals surface area (Å²) < 4.78 is 0. The molecule has 16 heavy (non-hydrogen) atoms. The molecule has 1 aromatic rings. The van der Waals surface area contributed by atoms with Crippen molar-refractivity contribution in [2.24, 2.45) is 5.73 Å². The van der Waals surface area contributed by atoms with Gasteiger partial charge in [-0.25, -0.2) is 4.79 Å². The third kappa shape index (κ3) is 3.36. The summed E-state index contributed by atoms with van der Waals surface area (Å²) in [6, 6.07) is 8.45. The molecule has 85 valence electrons. The van der Waals surface area contributed by atoms with Crippen LogP contribution in [0.4, 0.5) is 4.79 Å². The standard InChI is InChI=1S/C11H13N2O3/c1-16-13(11(12)15)10(14)8-7-9-5-3-2-4-6-9/h2-6,8H,7H2,1H3,(H2,12,15). The zero-order chi connectivity index (χ0) is 12.0. The molecule has 0 heterocycles. The van der Waals surface area contributed by atoms with Crippen molar-refractivity contribution in [1.82, 2.24) is 5.06 Å². The van der Waals surface area contributed by atoms with E-state index in [4.69, 9.17) is 5.73 Å². The SMILES string of the molecule is CON(C(N)=O)C(=O)[CH]Cc1ccccc1. The van der Waals surface area contributed by atoms with Crippen molar-refractivity contribution in [3.05, 3.63) is 42.3 Å². The molecule has 0 bridgehead atoms. The smallest absolute Gasteiger partial charge is 0.346 e. The molecule has 0 saturated heterocycles.